The highest BCUT2D eigenvalue weighted by atomic mass is 35.5. The molecule has 0 aliphatic heterocycles. The summed E-state index contributed by atoms with van der Waals surface area (Å²) in [6.07, 6.45) is 1.39. The Labute approximate surface area is 126 Å². The quantitative estimate of drug-likeness (QED) is 0.577. The number of nitrogens with zero attached hydrogens (tertiary/aromatic N) is 1. The molecule has 0 aliphatic rings. The van der Waals surface area contributed by atoms with E-state index >= 15 is 0 Å². The summed E-state index contributed by atoms with van der Waals surface area (Å²) in [5, 5.41) is 10.7. The van der Waals surface area contributed by atoms with Crippen LogP contribution in [0.25, 0.3) is 0 Å². The molecule has 20 heavy (non-hydrogen) atoms. The molecule has 0 aliphatic carbocycles. The molecule has 0 fully saturated rings. The minimum atomic E-state index is -3.84. The maximum atomic E-state index is 12.1. The predicted molar refractivity (Wildman–Crippen MR) is 76.9 cm³/mol. The van der Waals surface area contributed by atoms with Gasteiger partial charge in [-0.2, -0.15) is 0 Å². The second kappa shape index (κ2) is 7.32. The topological polar surface area (TPSA) is 98.5 Å². The number of ether oxygens (including phenoxy) is 1. The Morgan fingerprint density at radius 1 is 1.60 bits per heavy atom. The van der Waals surface area contributed by atoms with Crippen molar-refractivity contribution in [1.82, 2.24) is 4.72 Å². The lowest BCUT2D eigenvalue weighted by molar-refractivity contribution is -0.384. The van der Waals surface area contributed by atoms with E-state index in [-0.39, 0.29) is 21.2 Å². The summed E-state index contributed by atoms with van der Waals surface area (Å²) < 4.78 is 31.4. The first-order valence-electron chi connectivity index (χ1n) is 5.76. The van der Waals surface area contributed by atoms with Crippen molar-refractivity contribution in [2.75, 3.05) is 13.7 Å². The fraction of sp³-hybridized carbons (Fsp3) is 0.600. The average molecular weight is 343 g/mol. The van der Waals surface area contributed by atoms with Gasteiger partial charge in [-0.05, 0) is 6.42 Å². The summed E-state index contributed by atoms with van der Waals surface area (Å²) in [4.78, 5) is 9.97. The number of halogens is 1. The Hall–Kier alpha value is -0.740. The summed E-state index contributed by atoms with van der Waals surface area (Å²) in [5.74, 6) is 0. The molecular formula is C10H15ClN2O5S2. The first-order chi connectivity index (χ1) is 9.31. The fourth-order valence-electron chi connectivity index (χ4n) is 1.60. The van der Waals surface area contributed by atoms with Crippen LogP contribution in [-0.2, 0) is 14.8 Å². The molecule has 1 aromatic heterocycles. The number of nitro groups is 1. The van der Waals surface area contributed by atoms with Crippen molar-refractivity contribution in [1.29, 1.82) is 0 Å². The van der Waals surface area contributed by atoms with Gasteiger partial charge < -0.3 is 4.74 Å². The summed E-state index contributed by atoms with van der Waals surface area (Å²) in [6, 6.07) is 0.584. The third-order valence-electron chi connectivity index (χ3n) is 2.43. The van der Waals surface area contributed by atoms with Gasteiger partial charge in [0.15, 0.2) is 4.34 Å². The van der Waals surface area contributed by atoms with Gasteiger partial charge >= 0.3 is 0 Å². The van der Waals surface area contributed by atoms with Gasteiger partial charge in [-0.25, -0.2) is 13.1 Å². The standard InChI is InChI=1S/C10H15ClN2O5S2/c1-3-4-7(6-18-2)12-20(16,17)9-5-8(13(14)15)10(11)19-9/h5,7,12H,3-4,6H2,1-2H3. The molecule has 0 bridgehead atoms. The molecular weight excluding hydrogens is 328 g/mol. The largest absolute Gasteiger partial charge is 0.383 e. The van der Waals surface area contributed by atoms with Gasteiger partial charge in [0.25, 0.3) is 15.7 Å². The summed E-state index contributed by atoms with van der Waals surface area (Å²) in [6.45, 7) is 2.15. The molecule has 1 atom stereocenters. The molecule has 1 rings (SSSR count). The van der Waals surface area contributed by atoms with Crippen molar-refractivity contribution in [3.63, 3.8) is 0 Å². The number of rotatable bonds is 8. The molecule has 1 unspecified atom stereocenters. The number of methoxy groups -OCH3 is 1. The van der Waals surface area contributed by atoms with Crippen LogP contribution in [0, 0.1) is 10.1 Å². The van der Waals surface area contributed by atoms with Gasteiger partial charge in [0.05, 0.1) is 11.5 Å². The van der Waals surface area contributed by atoms with Crippen molar-refractivity contribution in [2.24, 2.45) is 0 Å². The lowest BCUT2D eigenvalue weighted by Crippen LogP contribution is -2.37. The highest BCUT2D eigenvalue weighted by Crippen LogP contribution is 2.36. The Morgan fingerprint density at radius 3 is 2.70 bits per heavy atom. The third-order valence-corrected chi connectivity index (χ3v) is 5.77. The van der Waals surface area contributed by atoms with Crippen LogP contribution in [0.3, 0.4) is 0 Å². The van der Waals surface area contributed by atoms with Crippen molar-refractivity contribution < 1.29 is 18.1 Å². The molecule has 0 saturated carbocycles. The number of sulfonamides is 1. The van der Waals surface area contributed by atoms with E-state index in [2.05, 4.69) is 4.72 Å². The van der Waals surface area contributed by atoms with E-state index < -0.39 is 20.6 Å². The molecule has 7 nitrogen and oxygen atoms in total. The van der Waals surface area contributed by atoms with E-state index in [1.54, 1.807) is 0 Å². The van der Waals surface area contributed by atoms with Gasteiger partial charge in [-0.1, -0.05) is 24.9 Å². The predicted octanol–water partition coefficient (Wildman–Crippen LogP) is 2.40. The number of hydrogen-bond acceptors (Lipinski definition) is 6. The molecule has 0 aromatic carbocycles. The molecule has 0 radical (unpaired) electrons. The Bertz CT molecular complexity index is 566. The maximum Gasteiger partial charge on any atom is 0.300 e. The molecule has 114 valence electrons. The van der Waals surface area contributed by atoms with Crippen molar-refractivity contribution in [3.8, 4) is 0 Å². The second-order valence-corrected chi connectivity index (χ2v) is 7.64. The van der Waals surface area contributed by atoms with Crippen molar-refractivity contribution >= 4 is 38.6 Å². The van der Waals surface area contributed by atoms with E-state index in [0.717, 1.165) is 12.5 Å². The minimum Gasteiger partial charge on any atom is -0.383 e. The summed E-state index contributed by atoms with van der Waals surface area (Å²) >= 11 is 6.33. The molecule has 0 spiro atoms. The van der Waals surface area contributed by atoms with Gasteiger partial charge in [0.1, 0.15) is 4.21 Å². The van der Waals surface area contributed by atoms with Crippen LogP contribution in [0.2, 0.25) is 4.34 Å². The lowest BCUT2D eigenvalue weighted by Gasteiger charge is -2.16. The smallest absolute Gasteiger partial charge is 0.300 e. The minimum absolute atomic E-state index is 0.158. The van der Waals surface area contributed by atoms with Gasteiger partial charge in [0.2, 0.25) is 0 Å². The van der Waals surface area contributed by atoms with Crippen LogP contribution >= 0.6 is 22.9 Å². The monoisotopic (exact) mass is 342 g/mol. The van der Waals surface area contributed by atoms with Crippen LogP contribution in [0.1, 0.15) is 19.8 Å². The number of nitrogens with one attached hydrogen (secondary N) is 1. The molecule has 1 aromatic rings. The fourth-order valence-corrected chi connectivity index (χ4v) is 4.53. The Morgan fingerprint density at radius 2 is 2.25 bits per heavy atom. The van der Waals surface area contributed by atoms with E-state index in [1.165, 1.54) is 7.11 Å². The molecule has 10 heteroatoms. The van der Waals surface area contributed by atoms with Crippen LogP contribution < -0.4 is 4.72 Å². The zero-order valence-corrected chi connectivity index (χ0v) is 13.3. The molecule has 1 N–H and O–H groups in total. The van der Waals surface area contributed by atoms with Gasteiger partial charge in [-0.15, -0.1) is 11.3 Å². The molecule has 1 heterocycles. The van der Waals surface area contributed by atoms with Crippen LogP contribution in [0.5, 0.6) is 0 Å². The molecule has 0 saturated heterocycles. The Kier molecular flexibility index (Phi) is 6.34. The highest BCUT2D eigenvalue weighted by Gasteiger charge is 2.27. The van der Waals surface area contributed by atoms with Crippen LogP contribution in [-0.4, -0.2) is 33.1 Å². The SMILES string of the molecule is CCCC(COC)NS(=O)(=O)c1cc([N+](=O)[O-])c(Cl)s1. The highest BCUT2D eigenvalue weighted by molar-refractivity contribution is 7.91. The van der Waals surface area contributed by atoms with E-state index in [1.807, 2.05) is 6.92 Å². The zero-order valence-electron chi connectivity index (χ0n) is 11.0. The lowest BCUT2D eigenvalue weighted by atomic mass is 10.2. The summed E-state index contributed by atoms with van der Waals surface area (Å²) in [5.41, 5.74) is -0.407. The van der Waals surface area contributed by atoms with Gasteiger partial charge in [0, 0.05) is 19.2 Å². The number of hydrogen-bond donors (Lipinski definition) is 1. The van der Waals surface area contributed by atoms with Crippen molar-refractivity contribution in [2.45, 2.75) is 30.0 Å². The zero-order chi connectivity index (χ0) is 15.3. The van der Waals surface area contributed by atoms with Crippen molar-refractivity contribution in [3.05, 3.63) is 20.5 Å². The second-order valence-electron chi connectivity index (χ2n) is 4.04. The van der Waals surface area contributed by atoms with E-state index in [4.69, 9.17) is 16.3 Å². The van der Waals surface area contributed by atoms with Crippen LogP contribution in [0.4, 0.5) is 5.69 Å². The first-order valence-corrected chi connectivity index (χ1v) is 8.44. The maximum absolute atomic E-state index is 12.1. The molecule has 0 amide bonds. The van der Waals surface area contributed by atoms with E-state index in [9.17, 15) is 18.5 Å². The first kappa shape index (κ1) is 17.3. The normalized spacial score (nSPS) is 13.3. The third kappa shape index (κ3) is 4.38. The Balaban J connectivity index is 2.98. The van der Waals surface area contributed by atoms with Gasteiger partial charge in [-0.3, -0.25) is 10.1 Å². The summed E-state index contributed by atoms with van der Waals surface area (Å²) in [7, 11) is -2.36. The average Bonchev–Trinajstić information content (AvgIpc) is 2.72. The number of thiophene rings is 1. The van der Waals surface area contributed by atoms with E-state index in [0.29, 0.717) is 17.8 Å². The van der Waals surface area contributed by atoms with Crippen LogP contribution in [0.15, 0.2) is 10.3 Å².